The maximum Gasteiger partial charge on any atom is 0.222 e. The Morgan fingerprint density at radius 1 is 0.963 bits per heavy atom. The highest BCUT2D eigenvalue weighted by atomic mass is 16.2. The third kappa shape index (κ3) is 5.68. The van der Waals surface area contributed by atoms with Crippen LogP contribution in [0.15, 0.2) is 54.6 Å². The Morgan fingerprint density at radius 2 is 1.59 bits per heavy atom. The molecule has 0 aromatic heterocycles. The lowest BCUT2D eigenvalue weighted by atomic mass is 9.96. The lowest BCUT2D eigenvalue weighted by molar-refractivity contribution is -0.132. The topological polar surface area (TPSA) is 49.4 Å². The molecule has 2 aromatic rings. The lowest BCUT2D eigenvalue weighted by Gasteiger charge is -2.32. The Kier molecular flexibility index (Phi) is 6.64. The standard InChI is InChI=1S/C23H28N2O2/c1-18(26)24-17-20-13-15-25(16-14-20)23(27)12-9-19-7-10-22(11-8-19)21-5-3-2-4-6-21/h2-8,10-11,20H,9,12-17H2,1H3,(H,24,26). The lowest BCUT2D eigenvalue weighted by Crippen LogP contribution is -2.41. The molecule has 0 atom stereocenters. The van der Waals surface area contributed by atoms with Gasteiger partial charge in [-0.3, -0.25) is 9.59 Å². The van der Waals surface area contributed by atoms with Gasteiger partial charge in [-0.25, -0.2) is 0 Å². The van der Waals surface area contributed by atoms with Crippen LogP contribution in [0.1, 0.15) is 31.7 Å². The van der Waals surface area contributed by atoms with E-state index in [1.165, 1.54) is 16.7 Å². The number of amides is 2. The van der Waals surface area contributed by atoms with Crippen LogP contribution in [0.25, 0.3) is 11.1 Å². The van der Waals surface area contributed by atoms with Gasteiger partial charge in [0.25, 0.3) is 0 Å². The number of aryl methyl sites for hydroxylation is 1. The van der Waals surface area contributed by atoms with E-state index in [0.717, 1.165) is 38.9 Å². The fourth-order valence-electron chi connectivity index (χ4n) is 3.58. The molecule has 1 saturated heterocycles. The number of piperidine rings is 1. The van der Waals surface area contributed by atoms with Gasteiger partial charge in [-0.15, -0.1) is 0 Å². The number of benzene rings is 2. The highest BCUT2D eigenvalue weighted by Gasteiger charge is 2.22. The third-order valence-electron chi connectivity index (χ3n) is 5.30. The molecule has 1 fully saturated rings. The van der Waals surface area contributed by atoms with Gasteiger partial charge >= 0.3 is 0 Å². The summed E-state index contributed by atoms with van der Waals surface area (Å²) >= 11 is 0. The largest absolute Gasteiger partial charge is 0.356 e. The van der Waals surface area contributed by atoms with Crippen molar-refractivity contribution in [2.24, 2.45) is 5.92 Å². The fourth-order valence-corrected chi connectivity index (χ4v) is 3.58. The average Bonchev–Trinajstić information content (AvgIpc) is 2.72. The summed E-state index contributed by atoms with van der Waals surface area (Å²) in [6.07, 6.45) is 3.27. The Bertz CT molecular complexity index is 748. The van der Waals surface area contributed by atoms with Crippen LogP contribution in [0, 0.1) is 5.92 Å². The summed E-state index contributed by atoms with van der Waals surface area (Å²) in [5, 5.41) is 2.88. The highest BCUT2D eigenvalue weighted by molar-refractivity contribution is 5.76. The minimum atomic E-state index is 0.0202. The maximum atomic E-state index is 12.5. The van der Waals surface area contributed by atoms with Gasteiger partial charge in [0.2, 0.25) is 11.8 Å². The second-order valence-corrected chi connectivity index (χ2v) is 7.32. The second-order valence-electron chi connectivity index (χ2n) is 7.32. The van der Waals surface area contributed by atoms with Crippen LogP contribution < -0.4 is 5.32 Å². The number of carbonyl (C=O) groups is 2. The van der Waals surface area contributed by atoms with Gasteiger partial charge in [-0.2, -0.15) is 0 Å². The van der Waals surface area contributed by atoms with Gasteiger partial charge in [0.15, 0.2) is 0 Å². The van der Waals surface area contributed by atoms with Crippen molar-refractivity contribution in [3.63, 3.8) is 0 Å². The minimum absolute atomic E-state index is 0.0202. The first-order valence-corrected chi connectivity index (χ1v) is 9.78. The molecular formula is C23H28N2O2. The minimum Gasteiger partial charge on any atom is -0.356 e. The molecule has 1 aliphatic rings. The number of hydrogen-bond acceptors (Lipinski definition) is 2. The Labute approximate surface area is 161 Å². The fraction of sp³-hybridized carbons (Fsp3) is 0.391. The number of carbonyl (C=O) groups excluding carboxylic acids is 2. The van der Waals surface area contributed by atoms with E-state index < -0.39 is 0 Å². The Morgan fingerprint density at radius 3 is 2.22 bits per heavy atom. The summed E-state index contributed by atoms with van der Waals surface area (Å²) < 4.78 is 0. The van der Waals surface area contributed by atoms with Gasteiger partial charge in [-0.1, -0.05) is 54.6 Å². The number of nitrogens with zero attached hydrogens (tertiary/aromatic N) is 1. The molecule has 3 rings (SSSR count). The van der Waals surface area contributed by atoms with Crippen LogP contribution in [0.2, 0.25) is 0 Å². The van der Waals surface area contributed by atoms with Crippen LogP contribution in [-0.4, -0.2) is 36.3 Å². The van der Waals surface area contributed by atoms with Crippen molar-refractivity contribution in [1.82, 2.24) is 10.2 Å². The van der Waals surface area contributed by atoms with E-state index in [1.54, 1.807) is 6.92 Å². The molecule has 142 valence electrons. The van der Waals surface area contributed by atoms with E-state index in [1.807, 2.05) is 23.1 Å². The van der Waals surface area contributed by atoms with E-state index in [-0.39, 0.29) is 11.8 Å². The number of likely N-dealkylation sites (tertiary alicyclic amines) is 1. The van der Waals surface area contributed by atoms with Crippen molar-refractivity contribution >= 4 is 11.8 Å². The average molecular weight is 364 g/mol. The summed E-state index contributed by atoms with van der Waals surface area (Å²) in [4.78, 5) is 25.5. The molecule has 2 aromatic carbocycles. The van der Waals surface area contributed by atoms with Crippen molar-refractivity contribution in [2.75, 3.05) is 19.6 Å². The van der Waals surface area contributed by atoms with Gasteiger partial charge < -0.3 is 10.2 Å². The van der Waals surface area contributed by atoms with Crippen LogP contribution in [0.4, 0.5) is 0 Å². The number of nitrogens with one attached hydrogen (secondary N) is 1. The van der Waals surface area contributed by atoms with Crippen LogP contribution in [0.5, 0.6) is 0 Å². The molecule has 4 heteroatoms. The van der Waals surface area contributed by atoms with E-state index in [0.29, 0.717) is 12.3 Å². The molecule has 1 aliphatic heterocycles. The van der Waals surface area contributed by atoms with Crippen LogP contribution in [0.3, 0.4) is 0 Å². The Hall–Kier alpha value is -2.62. The third-order valence-corrected chi connectivity index (χ3v) is 5.30. The molecule has 0 aliphatic carbocycles. The zero-order valence-electron chi connectivity index (χ0n) is 16.0. The Balaban J connectivity index is 1.44. The van der Waals surface area contributed by atoms with Crippen LogP contribution >= 0.6 is 0 Å². The van der Waals surface area contributed by atoms with Crippen molar-refractivity contribution in [3.05, 3.63) is 60.2 Å². The van der Waals surface area contributed by atoms with E-state index >= 15 is 0 Å². The van der Waals surface area contributed by atoms with E-state index in [2.05, 4.69) is 41.7 Å². The molecule has 1 heterocycles. The van der Waals surface area contributed by atoms with Gasteiger partial charge in [0.05, 0.1) is 0 Å². The van der Waals surface area contributed by atoms with Crippen molar-refractivity contribution in [1.29, 1.82) is 0 Å². The van der Waals surface area contributed by atoms with Crippen LogP contribution in [-0.2, 0) is 16.0 Å². The molecule has 0 unspecified atom stereocenters. The number of hydrogen-bond donors (Lipinski definition) is 1. The summed E-state index contributed by atoms with van der Waals surface area (Å²) in [5.41, 5.74) is 3.61. The van der Waals surface area contributed by atoms with Crippen molar-refractivity contribution in [2.45, 2.75) is 32.6 Å². The maximum absolute atomic E-state index is 12.5. The number of rotatable bonds is 6. The summed E-state index contributed by atoms with van der Waals surface area (Å²) in [7, 11) is 0. The van der Waals surface area contributed by atoms with E-state index in [9.17, 15) is 9.59 Å². The predicted octanol–water partition coefficient (Wildman–Crippen LogP) is 3.66. The quantitative estimate of drug-likeness (QED) is 0.850. The van der Waals surface area contributed by atoms with E-state index in [4.69, 9.17) is 0 Å². The van der Waals surface area contributed by atoms with Crippen molar-refractivity contribution in [3.8, 4) is 11.1 Å². The molecule has 4 nitrogen and oxygen atoms in total. The summed E-state index contributed by atoms with van der Waals surface area (Å²) in [6.45, 7) is 3.88. The first-order valence-electron chi connectivity index (χ1n) is 9.78. The summed E-state index contributed by atoms with van der Waals surface area (Å²) in [5.74, 6) is 0.746. The SMILES string of the molecule is CC(=O)NCC1CCN(C(=O)CCc2ccc(-c3ccccc3)cc2)CC1. The molecule has 0 radical (unpaired) electrons. The molecule has 1 N–H and O–H groups in total. The molecule has 0 saturated carbocycles. The van der Waals surface area contributed by atoms with Gasteiger partial charge in [-0.05, 0) is 41.9 Å². The summed E-state index contributed by atoms with van der Waals surface area (Å²) in [6, 6.07) is 18.8. The molecule has 2 amide bonds. The molecule has 0 bridgehead atoms. The zero-order chi connectivity index (χ0) is 19.1. The predicted molar refractivity (Wildman–Crippen MR) is 108 cm³/mol. The zero-order valence-corrected chi connectivity index (χ0v) is 16.0. The van der Waals surface area contributed by atoms with Gasteiger partial charge in [0.1, 0.15) is 0 Å². The molecular weight excluding hydrogens is 336 g/mol. The smallest absolute Gasteiger partial charge is 0.222 e. The monoisotopic (exact) mass is 364 g/mol. The molecule has 0 spiro atoms. The first-order chi connectivity index (χ1) is 13.1. The van der Waals surface area contributed by atoms with Crippen molar-refractivity contribution < 1.29 is 9.59 Å². The first kappa shape index (κ1) is 19.2. The second kappa shape index (κ2) is 9.36. The van der Waals surface area contributed by atoms with Gasteiger partial charge in [0, 0.05) is 33.0 Å². The highest BCUT2D eigenvalue weighted by Crippen LogP contribution is 2.21. The molecule has 27 heavy (non-hydrogen) atoms. The normalized spacial score (nSPS) is 14.8.